The van der Waals surface area contributed by atoms with Crippen LogP contribution in [0.1, 0.15) is 24.2 Å². The second-order valence-corrected chi connectivity index (χ2v) is 8.04. The zero-order valence-corrected chi connectivity index (χ0v) is 18.6. The zero-order chi connectivity index (χ0) is 23.4. The van der Waals surface area contributed by atoms with Gasteiger partial charge in [-0.2, -0.15) is 5.26 Å². The number of nitrogens with one attached hydrogen (secondary N) is 1. The van der Waals surface area contributed by atoms with Crippen LogP contribution in [0.3, 0.4) is 0 Å². The van der Waals surface area contributed by atoms with Gasteiger partial charge in [-0.15, -0.1) is 0 Å². The van der Waals surface area contributed by atoms with Crippen LogP contribution in [0.2, 0.25) is 0 Å². The van der Waals surface area contributed by atoms with Crippen molar-refractivity contribution in [3.8, 4) is 34.2 Å². The highest BCUT2D eigenvalue weighted by Gasteiger charge is 2.19. The van der Waals surface area contributed by atoms with E-state index in [0.29, 0.717) is 39.9 Å². The lowest BCUT2D eigenvalue weighted by Crippen LogP contribution is -2.27. The average molecular weight is 445 g/mol. The van der Waals surface area contributed by atoms with Gasteiger partial charge >= 0.3 is 0 Å². The Bertz CT molecular complexity index is 1280. The van der Waals surface area contributed by atoms with Crippen molar-refractivity contribution in [2.24, 2.45) is 13.0 Å². The van der Waals surface area contributed by atoms with Crippen molar-refractivity contribution < 1.29 is 9.13 Å². The van der Waals surface area contributed by atoms with Gasteiger partial charge in [-0.05, 0) is 67.8 Å². The molecule has 7 heteroatoms. The van der Waals surface area contributed by atoms with Crippen molar-refractivity contribution in [2.75, 3.05) is 20.2 Å². The van der Waals surface area contributed by atoms with E-state index in [4.69, 9.17) is 15.0 Å². The Kier molecular flexibility index (Phi) is 6.66. The summed E-state index contributed by atoms with van der Waals surface area (Å²) in [4.78, 5) is 18.3. The Morgan fingerprint density at radius 2 is 1.88 bits per heavy atom. The third-order valence-corrected chi connectivity index (χ3v) is 5.97. The van der Waals surface area contributed by atoms with E-state index in [1.807, 2.05) is 12.1 Å². The summed E-state index contributed by atoms with van der Waals surface area (Å²) in [6.45, 7) is 1.93. The SMILES string of the molecule is COc1ccc(-c2c(-c3ccc(C#N)c(F)c3)nc(C=CC3CCNCC3)n(C)c2=O)cc1. The molecule has 0 spiro atoms. The number of benzene rings is 2. The van der Waals surface area contributed by atoms with Crippen LogP contribution in [0.15, 0.2) is 53.3 Å². The maximum Gasteiger partial charge on any atom is 0.262 e. The third kappa shape index (κ3) is 4.71. The third-order valence-electron chi connectivity index (χ3n) is 5.97. The second kappa shape index (κ2) is 9.80. The van der Waals surface area contributed by atoms with E-state index in [1.165, 1.54) is 16.7 Å². The topological polar surface area (TPSA) is 79.9 Å². The molecule has 0 saturated carbocycles. The van der Waals surface area contributed by atoms with Gasteiger partial charge in [0.15, 0.2) is 0 Å². The lowest BCUT2D eigenvalue weighted by Gasteiger charge is -2.19. The van der Waals surface area contributed by atoms with Crippen molar-refractivity contribution in [3.05, 3.63) is 76.1 Å². The summed E-state index contributed by atoms with van der Waals surface area (Å²) in [6, 6.07) is 13.2. The minimum absolute atomic E-state index is 0.0559. The molecule has 0 unspecified atom stereocenters. The molecule has 0 aliphatic carbocycles. The lowest BCUT2D eigenvalue weighted by molar-refractivity contribution is 0.415. The summed E-state index contributed by atoms with van der Waals surface area (Å²) in [6.07, 6.45) is 6.03. The zero-order valence-electron chi connectivity index (χ0n) is 18.6. The monoisotopic (exact) mass is 444 g/mol. The van der Waals surface area contributed by atoms with Gasteiger partial charge in [0.25, 0.3) is 5.56 Å². The molecule has 6 nitrogen and oxygen atoms in total. The molecule has 3 aromatic rings. The van der Waals surface area contributed by atoms with Crippen molar-refractivity contribution in [2.45, 2.75) is 12.8 Å². The smallest absolute Gasteiger partial charge is 0.262 e. The van der Waals surface area contributed by atoms with Crippen molar-refractivity contribution in [1.82, 2.24) is 14.9 Å². The predicted molar refractivity (Wildman–Crippen MR) is 126 cm³/mol. The summed E-state index contributed by atoms with van der Waals surface area (Å²) >= 11 is 0. The van der Waals surface area contributed by atoms with E-state index in [0.717, 1.165) is 25.9 Å². The van der Waals surface area contributed by atoms with Gasteiger partial charge in [0.05, 0.1) is 23.9 Å². The summed E-state index contributed by atoms with van der Waals surface area (Å²) in [5, 5.41) is 12.4. The van der Waals surface area contributed by atoms with Crippen LogP contribution in [0.4, 0.5) is 4.39 Å². The minimum atomic E-state index is -0.648. The molecule has 1 aliphatic rings. The molecule has 168 valence electrons. The Balaban J connectivity index is 1.88. The first kappa shape index (κ1) is 22.4. The van der Waals surface area contributed by atoms with Gasteiger partial charge in [-0.1, -0.05) is 24.3 Å². The molecule has 1 aromatic heterocycles. The molecule has 0 amide bonds. The number of allylic oxidation sites excluding steroid dienone is 1. The Morgan fingerprint density at radius 1 is 1.18 bits per heavy atom. The van der Waals surface area contributed by atoms with Crippen LogP contribution >= 0.6 is 0 Å². The molecular formula is C26H25FN4O2. The van der Waals surface area contributed by atoms with Crippen LogP contribution < -0.4 is 15.6 Å². The number of rotatable bonds is 5. The lowest BCUT2D eigenvalue weighted by atomic mass is 9.97. The van der Waals surface area contributed by atoms with Crippen molar-refractivity contribution >= 4 is 6.08 Å². The average Bonchev–Trinajstić information content (AvgIpc) is 2.85. The molecule has 4 rings (SSSR count). The first-order valence-electron chi connectivity index (χ1n) is 10.9. The van der Waals surface area contributed by atoms with Gasteiger partial charge in [0.2, 0.25) is 0 Å². The summed E-state index contributed by atoms with van der Waals surface area (Å²) in [5.74, 6) is 0.928. The van der Waals surface area contributed by atoms with Gasteiger partial charge in [0.1, 0.15) is 23.5 Å². The van der Waals surface area contributed by atoms with Crippen LogP contribution in [0.25, 0.3) is 28.5 Å². The number of piperidine rings is 1. The fraction of sp³-hybridized carbons (Fsp3) is 0.269. The molecule has 0 radical (unpaired) electrons. The number of halogens is 1. The van der Waals surface area contributed by atoms with Crippen LogP contribution in [-0.2, 0) is 7.05 Å². The summed E-state index contributed by atoms with van der Waals surface area (Å²) in [7, 11) is 3.26. The van der Waals surface area contributed by atoms with Gasteiger partial charge in [0, 0.05) is 12.6 Å². The highest BCUT2D eigenvalue weighted by atomic mass is 19.1. The number of nitrogens with zero attached hydrogens (tertiary/aromatic N) is 3. The number of ether oxygens (including phenoxy) is 1. The number of hydrogen-bond acceptors (Lipinski definition) is 5. The van der Waals surface area contributed by atoms with Crippen LogP contribution in [0.5, 0.6) is 5.75 Å². The van der Waals surface area contributed by atoms with Crippen molar-refractivity contribution in [3.63, 3.8) is 0 Å². The highest BCUT2D eigenvalue weighted by Crippen LogP contribution is 2.30. The number of aromatic nitrogens is 2. The Hall–Kier alpha value is -3.76. The molecular weight excluding hydrogens is 419 g/mol. The molecule has 33 heavy (non-hydrogen) atoms. The standard InChI is InChI=1S/C26H25FN4O2/c1-31-23(10-3-17-11-13-29-14-12-17)30-25(19-4-5-20(16-28)22(27)15-19)24(26(31)32)18-6-8-21(33-2)9-7-18/h3-10,15,17,29H,11-14H2,1-2H3. The van der Waals surface area contributed by atoms with Crippen molar-refractivity contribution in [1.29, 1.82) is 5.26 Å². The second-order valence-electron chi connectivity index (χ2n) is 8.04. The van der Waals surface area contributed by atoms with E-state index < -0.39 is 5.82 Å². The Labute approximate surface area is 192 Å². The van der Waals surface area contributed by atoms with Gasteiger partial charge < -0.3 is 10.1 Å². The maximum atomic E-state index is 14.5. The van der Waals surface area contributed by atoms with E-state index in [1.54, 1.807) is 44.5 Å². The number of methoxy groups -OCH3 is 1. The fourth-order valence-electron chi connectivity index (χ4n) is 4.01. The largest absolute Gasteiger partial charge is 0.497 e. The molecule has 1 fully saturated rings. The molecule has 1 N–H and O–H groups in total. The van der Waals surface area contributed by atoms with E-state index >= 15 is 0 Å². The maximum absolute atomic E-state index is 14.5. The van der Waals surface area contributed by atoms with E-state index in [-0.39, 0.29) is 11.1 Å². The van der Waals surface area contributed by atoms with Crippen LogP contribution in [-0.4, -0.2) is 29.8 Å². The quantitative estimate of drug-likeness (QED) is 0.640. The number of nitriles is 1. The fourth-order valence-corrected chi connectivity index (χ4v) is 4.01. The van der Waals surface area contributed by atoms with Gasteiger partial charge in [-0.25, -0.2) is 9.37 Å². The number of hydrogen-bond donors (Lipinski definition) is 1. The first-order chi connectivity index (χ1) is 16.0. The molecule has 1 aliphatic heterocycles. The molecule has 0 atom stereocenters. The molecule has 2 heterocycles. The molecule has 0 bridgehead atoms. The molecule has 2 aromatic carbocycles. The highest BCUT2D eigenvalue weighted by molar-refractivity contribution is 5.81. The van der Waals surface area contributed by atoms with E-state index in [9.17, 15) is 9.18 Å². The summed E-state index contributed by atoms with van der Waals surface area (Å²) in [5.41, 5.74) is 1.53. The Morgan fingerprint density at radius 3 is 2.52 bits per heavy atom. The molecule has 1 saturated heterocycles. The van der Waals surface area contributed by atoms with E-state index in [2.05, 4.69) is 11.4 Å². The van der Waals surface area contributed by atoms with Crippen LogP contribution in [0, 0.1) is 23.1 Å². The summed E-state index contributed by atoms with van der Waals surface area (Å²) < 4.78 is 21.2. The van der Waals surface area contributed by atoms with Gasteiger partial charge in [-0.3, -0.25) is 9.36 Å². The first-order valence-corrected chi connectivity index (χ1v) is 10.9. The predicted octanol–water partition coefficient (Wildman–Crippen LogP) is 4.15. The minimum Gasteiger partial charge on any atom is -0.497 e. The normalized spacial score (nSPS) is 14.4.